The van der Waals surface area contributed by atoms with Crippen molar-refractivity contribution in [2.24, 2.45) is 7.05 Å². The van der Waals surface area contributed by atoms with Crippen LogP contribution in [0.3, 0.4) is 0 Å². The molecule has 39 heavy (non-hydrogen) atoms. The minimum absolute atomic E-state index is 0.192. The van der Waals surface area contributed by atoms with E-state index in [0.29, 0.717) is 22.6 Å². The molecule has 7 nitrogen and oxygen atoms in total. The van der Waals surface area contributed by atoms with Crippen molar-refractivity contribution >= 4 is 34.2 Å². The molecule has 2 amide bonds. The van der Waals surface area contributed by atoms with Crippen LogP contribution in [0, 0.1) is 24.7 Å². The Morgan fingerprint density at radius 3 is 2.49 bits per heavy atom. The second-order valence-corrected chi connectivity index (χ2v) is 9.10. The van der Waals surface area contributed by atoms with Gasteiger partial charge in [-0.15, -0.1) is 0 Å². The normalized spacial score (nSPS) is 10.6. The minimum Gasteiger partial charge on any atom is -0.350 e. The van der Waals surface area contributed by atoms with Crippen molar-refractivity contribution < 1.29 is 14.0 Å². The number of carbonyl (C=O) groups excluding carboxylic acids is 2. The van der Waals surface area contributed by atoms with Crippen molar-refractivity contribution in [1.29, 1.82) is 0 Å². The Hall–Kier alpha value is -5.29. The maximum Gasteiger partial charge on any atom is 0.255 e. The summed E-state index contributed by atoms with van der Waals surface area (Å²) in [6, 6.07) is 17.6. The number of anilines is 2. The number of halogens is 1. The van der Waals surface area contributed by atoms with Crippen LogP contribution >= 0.6 is 0 Å². The minimum atomic E-state index is -0.524. The van der Waals surface area contributed by atoms with Gasteiger partial charge in [0.25, 0.3) is 5.91 Å². The topological polar surface area (TPSA) is 88.9 Å². The summed E-state index contributed by atoms with van der Waals surface area (Å²) in [5.74, 6) is 5.66. The lowest BCUT2D eigenvalue weighted by Crippen LogP contribution is -2.12. The van der Waals surface area contributed by atoms with E-state index in [9.17, 15) is 14.0 Å². The average molecular weight is 518 g/mol. The third-order valence-corrected chi connectivity index (χ3v) is 6.20. The van der Waals surface area contributed by atoms with Gasteiger partial charge in [-0.3, -0.25) is 9.59 Å². The molecule has 2 aromatic carbocycles. The summed E-state index contributed by atoms with van der Waals surface area (Å²) in [4.78, 5) is 32.2. The van der Waals surface area contributed by atoms with E-state index in [2.05, 4.69) is 32.4 Å². The van der Waals surface area contributed by atoms with Gasteiger partial charge in [0, 0.05) is 71.5 Å². The van der Waals surface area contributed by atoms with Crippen molar-refractivity contribution in [3.05, 3.63) is 107 Å². The van der Waals surface area contributed by atoms with Crippen LogP contribution in [-0.2, 0) is 11.8 Å². The molecule has 0 aliphatic heterocycles. The first kappa shape index (κ1) is 25.4. The maximum absolute atomic E-state index is 13.3. The lowest BCUT2D eigenvalue weighted by molar-refractivity contribution is -0.114. The molecule has 0 atom stereocenters. The number of benzene rings is 2. The van der Waals surface area contributed by atoms with Gasteiger partial charge in [0.1, 0.15) is 5.82 Å². The van der Waals surface area contributed by atoms with Crippen LogP contribution in [0.15, 0.2) is 79.3 Å². The Balaban J connectivity index is 1.35. The first-order chi connectivity index (χ1) is 18.8. The highest BCUT2D eigenvalue weighted by Crippen LogP contribution is 2.31. The number of hydrogen-bond acceptors (Lipinski definition) is 4. The van der Waals surface area contributed by atoms with E-state index in [0.717, 1.165) is 33.2 Å². The van der Waals surface area contributed by atoms with Gasteiger partial charge in [-0.05, 0) is 61.0 Å². The highest BCUT2D eigenvalue weighted by molar-refractivity contribution is 6.06. The monoisotopic (exact) mass is 517 g/mol. The van der Waals surface area contributed by atoms with Gasteiger partial charge in [0.2, 0.25) is 11.9 Å². The van der Waals surface area contributed by atoms with E-state index in [1.807, 2.05) is 49.0 Å². The molecule has 0 aliphatic carbocycles. The highest BCUT2D eigenvalue weighted by atomic mass is 19.1. The predicted octanol–water partition coefficient (Wildman–Crippen LogP) is 5.69. The zero-order chi connectivity index (χ0) is 27.5. The Bertz CT molecular complexity index is 1780. The van der Waals surface area contributed by atoms with Gasteiger partial charge in [-0.25, -0.2) is 9.97 Å². The number of nitrogens with one attached hydrogen (secondary N) is 2. The number of aryl methyl sites for hydroxylation is 2. The first-order valence-electron chi connectivity index (χ1n) is 12.2. The van der Waals surface area contributed by atoms with Crippen molar-refractivity contribution in [3.8, 4) is 23.0 Å². The second-order valence-electron chi connectivity index (χ2n) is 9.10. The van der Waals surface area contributed by atoms with Crippen LogP contribution in [0.5, 0.6) is 0 Å². The molecule has 0 bridgehead atoms. The molecule has 3 aromatic heterocycles. The number of aromatic nitrogens is 3. The van der Waals surface area contributed by atoms with Gasteiger partial charge >= 0.3 is 0 Å². The lowest BCUT2D eigenvalue weighted by Gasteiger charge is -2.08. The number of carbonyl (C=O) groups is 2. The van der Waals surface area contributed by atoms with Crippen LogP contribution in [0.4, 0.5) is 15.9 Å². The maximum atomic E-state index is 13.3. The fourth-order valence-electron chi connectivity index (χ4n) is 4.19. The van der Waals surface area contributed by atoms with Gasteiger partial charge < -0.3 is 15.2 Å². The Morgan fingerprint density at radius 2 is 1.77 bits per heavy atom. The number of rotatable bonds is 4. The Labute approximate surface area is 224 Å². The van der Waals surface area contributed by atoms with E-state index in [1.165, 1.54) is 19.2 Å². The van der Waals surface area contributed by atoms with Crippen molar-refractivity contribution in [2.75, 3.05) is 10.6 Å². The number of hydrogen-bond donors (Lipinski definition) is 2. The number of amides is 2. The molecule has 0 aliphatic rings. The fourth-order valence-corrected chi connectivity index (χ4v) is 4.19. The summed E-state index contributed by atoms with van der Waals surface area (Å²) in [5, 5.41) is 6.56. The Kier molecular flexibility index (Phi) is 6.89. The first-order valence-corrected chi connectivity index (χ1v) is 12.2. The van der Waals surface area contributed by atoms with E-state index in [-0.39, 0.29) is 11.8 Å². The van der Waals surface area contributed by atoms with Gasteiger partial charge in [0.05, 0.1) is 5.52 Å². The molecule has 0 radical (unpaired) electrons. The molecule has 8 heteroatoms. The fraction of sp³-hybridized carbons (Fsp3) is 0.0968. The summed E-state index contributed by atoms with van der Waals surface area (Å²) in [6.07, 6.45) is 5.05. The van der Waals surface area contributed by atoms with E-state index in [4.69, 9.17) is 0 Å². The summed E-state index contributed by atoms with van der Waals surface area (Å²) >= 11 is 0. The van der Waals surface area contributed by atoms with Crippen molar-refractivity contribution in [1.82, 2.24) is 14.5 Å². The summed E-state index contributed by atoms with van der Waals surface area (Å²) < 4.78 is 15.2. The van der Waals surface area contributed by atoms with E-state index in [1.54, 1.807) is 36.5 Å². The molecule has 5 rings (SSSR count). The summed E-state index contributed by atoms with van der Waals surface area (Å²) in [5.41, 5.74) is 6.14. The van der Waals surface area contributed by atoms with Crippen LogP contribution in [0.2, 0.25) is 0 Å². The highest BCUT2D eigenvalue weighted by Gasteiger charge is 2.13. The van der Waals surface area contributed by atoms with Gasteiger partial charge in [0.15, 0.2) is 0 Å². The number of fused-ring (bicyclic) bond motifs is 1. The molecule has 0 fully saturated rings. The van der Waals surface area contributed by atoms with Crippen molar-refractivity contribution in [3.63, 3.8) is 0 Å². The molecule has 0 saturated carbocycles. The smallest absolute Gasteiger partial charge is 0.255 e. The van der Waals surface area contributed by atoms with E-state index >= 15 is 0 Å². The van der Waals surface area contributed by atoms with Crippen LogP contribution in [-0.4, -0.2) is 26.3 Å². The molecule has 192 valence electrons. The Morgan fingerprint density at radius 1 is 0.923 bits per heavy atom. The van der Waals surface area contributed by atoms with Crippen LogP contribution < -0.4 is 10.6 Å². The van der Waals surface area contributed by atoms with Crippen LogP contribution in [0.25, 0.3) is 22.0 Å². The average Bonchev–Trinajstić information content (AvgIpc) is 3.24. The summed E-state index contributed by atoms with van der Waals surface area (Å²) in [7, 11) is 1.92. The predicted molar refractivity (Wildman–Crippen MR) is 150 cm³/mol. The molecule has 0 unspecified atom stereocenters. The third-order valence-electron chi connectivity index (χ3n) is 6.20. The van der Waals surface area contributed by atoms with Gasteiger partial charge in [-0.1, -0.05) is 24.0 Å². The SMILES string of the molecule is CC(=O)Nc1ccc(C#Cc2cc(C(=O)Nc3ccc4c(-c5ccc(F)nc5)cn(C)c4c3)ccc2C)cn1. The molecule has 3 heterocycles. The molecular formula is C31H24FN5O2. The van der Waals surface area contributed by atoms with Gasteiger partial charge in [-0.2, -0.15) is 4.39 Å². The van der Waals surface area contributed by atoms with E-state index < -0.39 is 5.95 Å². The third kappa shape index (κ3) is 5.68. The molecular weight excluding hydrogens is 493 g/mol. The van der Waals surface area contributed by atoms with Crippen molar-refractivity contribution in [2.45, 2.75) is 13.8 Å². The zero-order valence-corrected chi connectivity index (χ0v) is 21.5. The molecule has 0 spiro atoms. The standard InChI is InChI=1S/C31H24FN5O2/c1-19-4-7-23(14-22(19)8-5-21-6-13-30(34-16-21)35-20(2)38)31(39)36-25-10-11-26-27(18-37(3)28(26)15-25)24-9-12-29(32)33-17-24/h4,6-7,9-18H,1-3H3,(H,36,39)(H,34,35,38). The molecule has 5 aromatic rings. The molecule has 2 N–H and O–H groups in total. The zero-order valence-electron chi connectivity index (χ0n) is 21.5. The largest absolute Gasteiger partial charge is 0.350 e. The lowest BCUT2D eigenvalue weighted by atomic mass is 10.0. The summed E-state index contributed by atoms with van der Waals surface area (Å²) in [6.45, 7) is 3.35. The quantitative estimate of drug-likeness (QED) is 0.237. The molecule has 0 saturated heterocycles. The second kappa shape index (κ2) is 10.6. The number of pyridine rings is 2. The number of nitrogens with zero attached hydrogens (tertiary/aromatic N) is 3. The van der Waals surface area contributed by atoms with Crippen LogP contribution in [0.1, 0.15) is 34.0 Å².